The van der Waals surface area contributed by atoms with Crippen LogP contribution in [0.4, 0.5) is 0 Å². The number of rotatable bonds is 9. The fraction of sp³-hybridized carbons (Fsp3) is 0.520. The number of esters is 1. The summed E-state index contributed by atoms with van der Waals surface area (Å²) in [5.74, 6) is -0.207. The van der Waals surface area contributed by atoms with Gasteiger partial charge in [0, 0.05) is 25.6 Å². The highest BCUT2D eigenvalue weighted by molar-refractivity contribution is 8.26. The van der Waals surface area contributed by atoms with Crippen LogP contribution < -0.4 is 0 Å². The van der Waals surface area contributed by atoms with E-state index >= 15 is 0 Å². The average Bonchev–Trinajstić information content (AvgIpc) is 3.10. The SMILES string of the molecule is CCC1CCCCN1C(=O)CCCCCN1C(=O)C(=Cc2ccc(C(=O)OC)cc2)SC1=S. The molecule has 0 radical (unpaired) electrons. The summed E-state index contributed by atoms with van der Waals surface area (Å²) in [5, 5.41) is 0. The Labute approximate surface area is 205 Å². The minimum absolute atomic E-state index is 0.0859. The van der Waals surface area contributed by atoms with Crippen LogP contribution in [-0.2, 0) is 14.3 Å². The topological polar surface area (TPSA) is 66.9 Å². The molecular formula is C25H32N2O4S2. The summed E-state index contributed by atoms with van der Waals surface area (Å²) in [6.07, 6.45) is 9.41. The summed E-state index contributed by atoms with van der Waals surface area (Å²) in [5.41, 5.74) is 1.29. The molecule has 2 saturated heterocycles. The van der Waals surface area contributed by atoms with Gasteiger partial charge in [-0.05, 0) is 62.3 Å². The molecule has 1 aromatic carbocycles. The number of piperidine rings is 1. The van der Waals surface area contributed by atoms with Crippen LogP contribution in [0.25, 0.3) is 6.08 Å². The zero-order chi connectivity index (χ0) is 23.8. The van der Waals surface area contributed by atoms with Crippen molar-refractivity contribution in [3.63, 3.8) is 0 Å². The van der Waals surface area contributed by atoms with Crippen LogP contribution >= 0.6 is 24.0 Å². The highest BCUT2D eigenvalue weighted by atomic mass is 32.2. The van der Waals surface area contributed by atoms with Gasteiger partial charge in [-0.25, -0.2) is 4.79 Å². The molecule has 178 valence electrons. The molecule has 1 unspecified atom stereocenters. The van der Waals surface area contributed by atoms with E-state index in [0.29, 0.717) is 33.8 Å². The second-order valence-corrected chi connectivity index (χ2v) is 10.1. The molecule has 1 atom stereocenters. The lowest BCUT2D eigenvalue weighted by Gasteiger charge is -2.35. The third-order valence-corrected chi connectivity index (χ3v) is 7.57. The first-order chi connectivity index (χ1) is 15.9. The van der Waals surface area contributed by atoms with Crippen molar-refractivity contribution < 1.29 is 19.1 Å². The van der Waals surface area contributed by atoms with E-state index in [1.165, 1.54) is 25.3 Å². The second-order valence-electron chi connectivity index (χ2n) is 8.40. The molecule has 0 saturated carbocycles. The quantitative estimate of drug-likeness (QED) is 0.210. The molecule has 2 aliphatic rings. The van der Waals surface area contributed by atoms with Gasteiger partial charge in [-0.15, -0.1) is 0 Å². The van der Waals surface area contributed by atoms with Crippen LogP contribution in [0.5, 0.6) is 0 Å². The van der Waals surface area contributed by atoms with E-state index in [9.17, 15) is 14.4 Å². The molecule has 2 heterocycles. The van der Waals surface area contributed by atoms with E-state index in [1.807, 2.05) is 0 Å². The number of hydrogen-bond acceptors (Lipinski definition) is 6. The van der Waals surface area contributed by atoms with Gasteiger partial charge in [0.05, 0.1) is 17.6 Å². The summed E-state index contributed by atoms with van der Waals surface area (Å²) >= 11 is 6.72. The van der Waals surface area contributed by atoms with Gasteiger partial charge in [-0.1, -0.05) is 49.5 Å². The summed E-state index contributed by atoms with van der Waals surface area (Å²) in [6.45, 7) is 3.62. The van der Waals surface area contributed by atoms with Crippen molar-refractivity contribution in [3.05, 3.63) is 40.3 Å². The predicted octanol–water partition coefficient (Wildman–Crippen LogP) is 5.03. The highest BCUT2D eigenvalue weighted by Gasteiger charge is 2.31. The van der Waals surface area contributed by atoms with Crippen molar-refractivity contribution in [2.75, 3.05) is 20.2 Å². The van der Waals surface area contributed by atoms with Crippen molar-refractivity contribution in [2.45, 2.75) is 64.3 Å². The predicted molar refractivity (Wildman–Crippen MR) is 136 cm³/mol. The molecule has 6 nitrogen and oxygen atoms in total. The van der Waals surface area contributed by atoms with Gasteiger partial charge in [0.2, 0.25) is 5.91 Å². The molecule has 2 aliphatic heterocycles. The van der Waals surface area contributed by atoms with E-state index < -0.39 is 5.97 Å². The Kier molecular flexibility index (Phi) is 9.50. The third kappa shape index (κ3) is 6.67. The van der Waals surface area contributed by atoms with E-state index in [2.05, 4.69) is 11.8 Å². The van der Waals surface area contributed by atoms with Gasteiger partial charge in [0.15, 0.2) is 0 Å². The van der Waals surface area contributed by atoms with Gasteiger partial charge >= 0.3 is 5.97 Å². The van der Waals surface area contributed by atoms with Gasteiger partial charge in [0.25, 0.3) is 5.91 Å². The first-order valence-corrected chi connectivity index (χ1v) is 12.9. The van der Waals surface area contributed by atoms with Crippen molar-refractivity contribution in [3.8, 4) is 0 Å². The maximum atomic E-state index is 12.8. The second kappa shape index (κ2) is 12.3. The molecule has 0 spiro atoms. The summed E-state index contributed by atoms with van der Waals surface area (Å²) < 4.78 is 5.27. The lowest BCUT2D eigenvalue weighted by atomic mass is 9.99. The first kappa shape index (κ1) is 25.4. The maximum Gasteiger partial charge on any atom is 0.337 e. The Balaban J connectivity index is 1.45. The Morgan fingerprint density at radius 3 is 2.64 bits per heavy atom. The van der Waals surface area contributed by atoms with Crippen LogP contribution in [0.15, 0.2) is 29.2 Å². The number of carbonyl (C=O) groups excluding carboxylic acids is 3. The molecule has 2 amide bonds. The Morgan fingerprint density at radius 2 is 1.94 bits per heavy atom. The number of thioether (sulfide) groups is 1. The Hall–Kier alpha value is -2.19. The minimum atomic E-state index is -0.393. The van der Waals surface area contributed by atoms with Crippen LogP contribution in [0.3, 0.4) is 0 Å². The third-order valence-electron chi connectivity index (χ3n) is 6.19. The standard InChI is InChI=1S/C25H32N2O4S2/c1-3-20-9-6-8-15-26(20)22(28)10-5-4-7-16-27-23(29)21(33-25(27)32)17-18-11-13-19(14-12-18)24(30)31-2/h11-14,17,20H,3-10,15-16H2,1-2H3. The summed E-state index contributed by atoms with van der Waals surface area (Å²) in [4.78, 5) is 41.3. The zero-order valence-electron chi connectivity index (χ0n) is 19.4. The molecule has 2 fully saturated rings. The number of benzene rings is 1. The molecule has 8 heteroatoms. The first-order valence-electron chi connectivity index (χ1n) is 11.7. The number of thiocarbonyl (C=S) groups is 1. The fourth-order valence-electron chi connectivity index (χ4n) is 4.30. The van der Waals surface area contributed by atoms with Crippen molar-refractivity contribution in [2.24, 2.45) is 0 Å². The van der Waals surface area contributed by atoms with E-state index in [1.54, 1.807) is 35.2 Å². The highest BCUT2D eigenvalue weighted by Crippen LogP contribution is 2.33. The van der Waals surface area contributed by atoms with Crippen LogP contribution in [0.1, 0.15) is 74.2 Å². The van der Waals surface area contributed by atoms with E-state index in [4.69, 9.17) is 17.0 Å². The normalized spacial score (nSPS) is 19.9. The Bertz CT molecular complexity index is 913. The van der Waals surface area contributed by atoms with Crippen molar-refractivity contribution in [1.82, 2.24) is 9.80 Å². The van der Waals surface area contributed by atoms with Crippen molar-refractivity contribution in [1.29, 1.82) is 0 Å². The molecule has 0 bridgehead atoms. The summed E-state index contributed by atoms with van der Waals surface area (Å²) in [6, 6.07) is 7.31. The molecule has 3 rings (SSSR count). The van der Waals surface area contributed by atoms with Crippen LogP contribution in [0.2, 0.25) is 0 Å². The number of unbranched alkanes of at least 4 members (excludes halogenated alkanes) is 2. The molecule has 0 aliphatic carbocycles. The number of methoxy groups -OCH3 is 1. The number of likely N-dealkylation sites (tertiary alicyclic amines) is 1. The van der Waals surface area contributed by atoms with Crippen molar-refractivity contribution >= 4 is 52.2 Å². The van der Waals surface area contributed by atoms with Gasteiger partial charge < -0.3 is 9.64 Å². The van der Waals surface area contributed by atoms with Crippen LogP contribution in [-0.4, -0.2) is 58.1 Å². The molecule has 0 N–H and O–H groups in total. The minimum Gasteiger partial charge on any atom is -0.465 e. The largest absolute Gasteiger partial charge is 0.465 e. The fourth-order valence-corrected chi connectivity index (χ4v) is 5.61. The number of amides is 2. The lowest BCUT2D eigenvalue weighted by Crippen LogP contribution is -2.43. The van der Waals surface area contributed by atoms with E-state index in [-0.39, 0.29) is 11.8 Å². The lowest BCUT2D eigenvalue weighted by molar-refractivity contribution is -0.135. The van der Waals surface area contributed by atoms with Gasteiger partial charge in [0.1, 0.15) is 4.32 Å². The van der Waals surface area contributed by atoms with Crippen LogP contribution in [0, 0.1) is 0 Å². The smallest absolute Gasteiger partial charge is 0.337 e. The number of ether oxygens (including phenoxy) is 1. The molecule has 33 heavy (non-hydrogen) atoms. The number of nitrogens with zero attached hydrogens (tertiary/aromatic N) is 2. The Morgan fingerprint density at radius 1 is 1.18 bits per heavy atom. The van der Waals surface area contributed by atoms with E-state index in [0.717, 1.165) is 50.6 Å². The average molecular weight is 489 g/mol. The monoisotopic (exact) mass is 488 g/mol. The number of hydrogen-bond donors (Lipinski definition) is 0. The van der Waals surface area contributed by atoms with Gasteiger partial charge in [-0.3, -0.25) is 14.5 Å². The maximum absolute atomic E-state index is 12.8. The summed E-state index contributed by atoms with van der Waals surface area (Å²) in [7, 11) is 1.34. The zero-order valence-corrected chi connectivity index (χ0v) is 21.0. The molecule has 0 aromatic heterocycles. The molecule has 1 aromatic rings. The number of carbonyl (C=O) groups is 3. The molecular weight excluding hydrogens is 456 g/mol. The van der Waals surface area contributed by atoms with Gasteiger partial charge in [-0.2, -0.15) is 0 Å².